The van der Waals surface area contributed by atoms with Crippen molar-refractivity contribution in [3.8, 4) is 0 Å². The molecule has 0 saturated carbocycles. The molecule has 0 spiro atoms. The number of ketones is 1. The van der Waals surface area contributed by atoms with Crippen LogP contribution < -0.4 is 0 Å². The highest BCUT2D eigenvalue weighted by Gasteiger charge is 2.42. The lowest BCUT2D eigenvalue weighted by Crippen LogP contribution is -2.24. The minimum absolute atomic E-state index is 0.218. The van der Waals surface area contributed by atoms with Gasteiger partial charge in [-0.15, -0.1) is 0 Å². The average molecular weight is 236 g/mol. The maximum Gasteiger partial charge on any atom is 0.173 e. The van der Waals surface area contributed by atoms with Gasteiger partial charge in [0.2, 0.25) is 0 Å². The molecule has 3 rings (SSSR count). The zero-order chi connectivity index (χ0) is 12.9. The number of carbonyl (C=O) groups excluding carboxylic acids is 1. The lowest BCUT2D eigenvalue weighted by molar-refractivity contribution is 0.0882. The third-order valence-electron chi connectivity index (χ3n) is 4.26. The van der Waals surface area contributed by atoms with Crippen molar-refractivity contribution in [3.05, 3.63) is 59.7 Å². The molecular formula is C17H16O. The fraction of sp³-hybridized carbons (Fsp3) is 0.235. The Bertz CT molecular complexity index is 681. The van der Waals surface area contributed by atoms with Crippen LogP contribution in [-0.2, 0) is 6.42 Å². The first-order valence-corrected chi connectivity index (χ1v) is 6.25. The van der Waals surface area contributed by atoms with Gasteiger partial charge in [0.15, 0.2) is 5.78 Å². The summed E-state index contributed by atoms with van der Waals surface area (Å²) in [5.41, 5.74) is 2.59. The molecule has 0 radical (unpaired) electrons. The molecule has 18 heavy (non-hydrogen) atoms. The minimum atomic E-state index is -0.424. The molecule has 1 atom stereocenters. The Labute approximate surface area is 107 Å². The standard InChI is InChI=1S/C17H16O/c1-11(2)17(3)10-15-13-7-5-4-6-12(13)8-9-14(15)16(17)18/h4-9H,1,10H2,2-3H3/t17-/m0/s1. The third kappa shape index (κ3) is 1.30. The van der Waals surface area contributed by atoms with Gasteiger partial charge in [0, 0.05) is 5.56 Å². The maximum absolute atomic E-state index is 12.5. The Morgan fingerprint density at radius 3 is 2.67 bits per heavy atom. The Kier molecular flexibility index (Phi) is 2.21. The van der Waals surface area contributed by atoms with E-state index in [9.17, 15) is 4.79 Å². The lowest BCUT2D eigenvalue weighted by atomic mass is 9.80. The van der Waals surface area contributed by atoms with Crippen molar-refractivity contribution in [2.45, 2.75) is 20.3 Å². The Morgan fingerprint density at radius 1 is 1.22 bits per heavy atom. The van der Waals surface area contributed by atoms with Gasteiger partial charge in [0.1, 0.15) is 0 Å². The second-order valence-electron chi connectivity index (χ2n) is 5.43. The van der Waals surface area contributed by atoms with Gasteiger partial charge in [-0.3, -0.25) is 4.79 Å². The molecule has 0 amide bonds. The molecule has 0 unspecified atom stereocenters. The molecule has 1 nitrogen and oxygen atoms in total. The molecule has 1 heteroatoms. The summed E-state index contributed by atoms with van der Waals surface area (Å²) in [6.07, 6.45) is 0.776. The molecule has 0 N–H and O–H groups in total. The van der Waals surface area contributed by atoms with Crippen LogP contribution >= 0.6 is 0 Å². The van der Waals surface area contributed by atoms with Crippen LogP contribution in [0.15, 0.2) is 48.6 Å². The molecule has 0 aromatic heterocycles. The summed E-state index contributed by atoms with van der Waals surface area (Å²) < 4.78 is 0. The highest BCUT2D eigenvalue weighted by molar-refractivity contribution is 6.10. The lowest BCUT2D eigenvalue weighted by Gasteiger charge is -2.21. The van der Waals surface area contributed by atoms with Crippen molar-refractivity contribution in [2.24, 2.45) is 5.41 Å². The average Bonchev–Trinajstić information content (AvgIpc) is 2.64. The van der Waals surface area contributed by atoms with E-state index in [4.69, 9.17) is 0 Å². The zero-order valence-corrected chi connectivity index (χ0v) is 10.8. The molecule has 2 aromatic carbocycles. The normalized spacial score (nSPS) is 22.2. The van der Waals surface area contributed by atoms with E-state index in [-0.39, 0.29) is 5.78 Å². The number of rotatable bonds is 1. The van der Waals surface area contributed by atoms with E-state index in [1.807, 2.05) is 38.1 Å². The quantitative estimate of drug-likeness (QED) is 0.679. The second-order valence-corrected chi connectivity index (χ2v) is 5.43. The van der Waals surface area contributed by atoms with E-state index < -0.39 is 5.41 Å². The molecule has 2 aromatic rings. The van der Waals surface area contributed by atoms with Crippen molar-refractivity contribution in [1.29, 1.82) is 0 Å². The molecule has 0 aliphatic heterocycles. The summed E-state index contributed by atoms with van der Waals surface area (Å²) in [4.78, 5) is 12.5. The molecule has 0 heterocycles. The largest absolute Gasteiger partial charge is 0.293 e. The van der Waals surface area contributed by atoms with Crippen LogP contribution in [-0.4, -0.2) is 5.78 Å². The summed E-state index contributed by atoms with van der Waals surface area (Å²) in [6, 6.07) is 12.3. The van der Waals surface area contributed by atoms with Gasteiger partial charge in [0.05, 0.1) is 5.41 Å². The summed E-state index contributed by atoms with van der Waals surface area (Å²) in [5.74, 6) is 0.218. The first kappa shape index (κ1) is 11.2. The van der Waals surface area contributed by atoms with Crippen LogP contribution in [0.3, 0.4) is 0 Å². The van der Waals surface area contributed by atoms with Gasteiger partial charge in [-0.1, -0.05) is 48.6 Å². The van der Waals surface area contributed by atoms with Gasteiger partial charge >= 0.3 is 0 Å². The van der Waals surface area contributed by atoms with Gasteiger partial charge in [-0.25, -0.2) is 0 Å². The van der Waals surface area contributed by atoms with E-state index >= 15 is 0 Å². The van der Waals surface area contributed by atoms with E-state index in [0.717, 1.165) is 17.6 Å². The molecule has 1 aliphatic rings. The molecule has 90 valence electrons. The fourth-order valence-electron chi connectivity index (χ4n) is 2.81. The van der Waals surface area contributed by atoms with E-state index in [0.29, 0.717) is 0 Å². The zero-order valence-electron chi connectivity index (χ0n) is 10.8. The van der Waals surface area contributed by atoms with E-state index in [1.165, 1.54) is 16.3 Å². The number of allylic oxidation sites excluding steroid dienone is 1. The van der Waals surface area contributed by atoms with Gasteiger partial charge in [-0.05, 0) is 36.6 Å². The summed E-state index contributed by atoms with van der Waals surface area (Å²) in [7, 11) is 0. The fourth-order valence-corrected chi connectivity index (χ4v) is 2.81. The van der Waals surface area contributed by atoms with Crippen LogP contribution in [0.4, 0.5) is 0 Å². The van der Waals surface area contributed by atoms with E-state index in [2.05, 4.69) is 18.7 Å². The first-order chi connectivity index (χ1) is 8.54. The predicted octanol–water partition coefficient (Wildman–Crippen LogP) is 4.16. The van der Waals surface area contributed by atoms with Gasteiger partial charge in [0.25, 0.3) is 0 Å². The Morgan fingerprint density at radius 2 is 1.94 bits per heavy atom. The number of hydrogen-bond donors (Lipinski definition) is 0. The monoisotopic (exact) mass is 236 g/mol. The number of carbonyl (C=O) groups is 1. The van der Waals surface area contributed by atoms with Crippen LogP contribution in [0.2, 0.25) is 0 Å². The van der Waals surface area contributed by atoms with Crippen molar-refractivity contribution < 1.29 is 4.79 Å². The van der Waals surface area contributed by atoms with Crippen LogP contribution in [0.25, 0.3) is 10.8 Å². The van der Waals surface area contributed by atoms with E-state index in [1.54, 1.807) is 0 Å². The maximum atomic E-state index is 12.5. The van der Waals surface area contributed by atoms with Crippen LogP contribution in [0.5, 0.6) is 0 Å². The second kappa shape index (κ2) is 3.55. The Balaban J connectivity index is 2.30. The van der Waals surface area contributed by atoms with Crippen molar-refractivity contribution >= 4 is 16.6 Å². The third-order valence-corrected chi connectivity index (χ3v) is 4.26. The summed E-state index contributed by atoms with van der Waals surface area (Å²) in [5, 5.41) is 2.41. The molecule has 0 fully saturated rings. The predicted molar refractivity (Wildman–Crippen MR) is 74.9 cm³/mol. The van der Waals surface area contributed by atoms with Crippen molar-refractivity contribution in [2.75, 3.05) is 0 Å². The number of Topliss-reactive ketones (excluding diaryl/α,β-unsaturated/α-hetero) is 1. The number of fused-ring (bicyclic) bond motifs is 3. The highest BCUT2D eigenvalue weighted by Crippen LogP contribution is 2.43. The van der Waals surface area contributed by atoms with Gasteiger partial charge < -0.3 is 0 Å². The highest BCUT2D eigenvalue weighted by atomic mass is 16.1. The molecule has 1 aliphatic carbocycles. The minimum Gasteiger partial charge on any atom is -0.293 e. The van der Waals surface area contributed by atoms with Crippen molar-refractivity contribution in [1.82, 2.24) is 0 Å². The smallest absolute Gasteiger partial charge is 0.173 e. The Hall–Kier alpha value is -1.89. The van der Waals surface area contributed by atoms with Crippen LogP contribution in [0, 0.1) is 5.41 Å². The molecule has 0 saturated heterocycles. The van der Waals surface area contributed by atoms with Crippen LogP contribution in [0.1, 0.15) is 29.8 Å². The summed E-state index contributed by atoms with van der Waals surface area (Å²) in [6.45, 7) is 7.96. The summed E-state index contributed by atoms with van der Waals surface area (Å²) >= 11 is 0. The molecular weight excluding hydrogens is 220 g/mol. The number of benzene rings is 2. The number of hydrogen-bond acceptors (Lipinski definition) is 1. The SMILES string of the molecule is C=C(C)[C@]1(C)Cc2c(ccc3ccccc23)C1=O. The topological polar surface area (TPSA) is 17.1 Å². The van der Waals surface area contributed by atoms with Gasteiger partial charge in [-0.2, -0.15) is 0 Å². The molecule has 0 bridgehead atoms. The van der Waals surface area contributed by atoms with Crippen molar-refractivity contribution in [3.63, 3.8) is 0 Å². The first-order valence-electron chi connectivity index (χ1n) is 6.25.